The Morgan fingerprint density at radius 2 is 2.22 bits per heavy atom. The van der Waals surface area contributed by atoms with Gasteiger partial charge in [0, 0.05) is 18.9 Å². The van der Waals surface area contributed by atoms with E-state index in [-0.39, 0.29) is 0 Å². The van der Waals surface area contributed by atoms with E-state index in [0.717, 1.165) is 17.4 Å². The lowest BCUT2D eigenvalue weighted by Crippen LogP contribution is -2.23. The molecule has 0 radical (unpaired) electrons. The fourth-order valence-corrected chi connectivity index (χ4v) is 2.21. The minimum Gasteiger partial charge on any atom is -0.377 e. The molecule has 102 valence electrons. The van der Waals surface area contributed by atoms with Gasteiger partial charge in [0.05, 0.1) is 19.3 Å². The van der Waals surface area contributed by atoms with Crippen molar-refractivity contribution in [3.8, 4) is 0 Å². The first-order valence-electron chi connectivity index (χ1n) is 6.39. The summed E-state index contributed by atoms with van der Waals surface area (Å²) in [5, 5.41) is 3.07. The fraction of sp³-hybridized carbons (Fsp3) is 0.750. The zero-order valence-corrected chi connectivity index (χ0v) is 10.3. The molecule has 1 N–H and O–H groups in total. The van der Waals surface area contributed by atoms with Crippen LogP contribution in [-0.4, -0.2) is 28.8 Å². The molecule has 1 fully saturated rings. The van der Waals surface area contributed by atoms with Crippen LogP contribution in [0.5, 0.6) is 0 Å². The normalized spacial score (nSPS) is 16.8. The summed E-state index contributed by atoms with van der Waals surface area (Å²) in [7, 11) is 0. The Kier molecular flexibility index (Phi) is 5.07. The van der Waals surface area contributed by atoms with Gasteiger partial charge in [0.15, 0.2) is 0 Å². The molecule has 1 saturated carbocycles. The van der Waals surface area contributed by atoms with Gasteiger partial charge in [-0.3, -0.25) is 4.57 Å². The molecule has 0 amide bonds. The van der Waals surface area contributed by atoms with Crippen LogP contribution in [0.3, 0.4) is 0 Å². The van der Waals surface area contributed by atoms with Gasteiger partial charge in [-0.15, -0.1) is 0 Å². The molecule has 6 heteroatoms. The number of ether oxygens (including phenoxy) is 1. The molecule has 0 aromatic carbocycles. The van der Waals surface area contributed by atoms with E-state index in [1.807, 2.05) is 0 Å². The second-order valence-corrected chi connectivity index (χ2v) is 4.48. The van der Waals surface area contributed by atoms with Gasteiger partial charge in [0.25, 0.3) is 0 Å². The lowest BCUT2D eigenvalue weighted by atomic mass is 10.3. The maximum Gasteiger partial charge on any atom is 0.319 e. The van der Waals surface area contributed by atoms with Crippen LogP contribution in [0.1, 0.15) is 38.1 Å². The van der Waals surface area contributed by atoms with E-state index in [9.17, 15) is 8.78 Å². The number of aromatic nitrogens is 2. The average molecular weight is 259 g/mol. The lowest BCUT2D eigenvalue weighted by Gasteiger charge is -2.11. The zero-order valence-electron chi connectivity index (χ0n) is 10.3. The maximum absolute atomic E-state index is 12.5. The van der Waals surface area contributed by atoms with Crippen LogP contribution < -0.4 is 5.32 Å². The second kappa shape index (κ2) is 6.80. The Balaban J connectivity index is 1.61. The van der Waals surface area contributed by atoms with Gasteiger partial charge >= 0.3 is 6.55 Å². The van der Waals surface area contributed by atoms with Crippen molar-refractivity contribution in [2.24, 2.45) is 0 Å². The first-order valence-corrected chi connectivity index (χ1v) is 6.39. The monoisotopic (exact) mass is 259 g/mol. The van der Waals surface area contributed by atoms with Gasteiger partial charge in [-0.2, -0.15) is 8.78 Å². The van der Waals surface area contributed by atoms with Crippen LogP contribution in [0.2, 0.25) is 0 Å². The quantitative estimate of drug-likeness (QED) is 0.764. The number of nitrogens with one attached hydrogen (secondary N) is 1. The lowest BCUT2D eigenvalue weighted by molar-refractivity contribution is 0.0585. The van der Waals surface area contributed by atoms with Crippen LogP contribution in [-0.2, 0) is 11.3 Å². The van der Waals surface area contributed by atoms with E-state index < -0.39 is 6.55 Å². The van der Waals surface area contributed by atoms with E-state index in [2.05, 4.69) is 10.3 Å². The molecular formula is C12H19F2N3O. The van der Waals surface area contributed by atoms with Gasteiger partial charge in [-0.1, -0.05) is 12.8 Å². The molecule has 0 aliphatic heterocycles. The van der Waals surface area contributed by atoms with Crippen LogP contribution in [0.15, 0.2) is 12.4 Å². The summed E-state index contributed by atoms with van der Waals surface area (Å²) in [4.78, 5) is 3.89. The van der Waals surface area contributed by atoms with Gasteiger partial charge in [-0.05, 0) is 12.8 Å². The highest BCUT2D eigenvalue weighted by molar-refractivity contribution is 4.92. The Labute approximate surface area is 105 Å². The van der Waals surface area contributed by atoms with Gasteiger partial charge in [0.2, 0.25) is 0 Å². The minimum atomic E-state index is -2.53. The van der Waals surface area contributed by atoms with Crippen molar-refractivity contribution in [1.29, 1.82) is 0 Å². The van der Waals surface area contributed by atoms with Crippen LogP contribution in [0.25, 0.3) is 0 Å². The molecule has 1 aromatic rings. The second-order valence-electron chi connectivity index (χ2n) is 4.48. The van der Waals surface area contributed by atoms with Gasteiger partial charge in [0.1, 0.15) is 5.82 Å². The predicted molar refractivity (Wildman–Crippen MR) is 63.4 cm³/mol. The Morgan fingerprint density at radius 3 is 2.94 bits per heavy atom. The SMILES string of the molecule is FC(F)n1ccnc1CNCCOC1CCCC1. The number of halogens is 2. The third-order valence-corrected chi connectivity index (χ3v) is 3.18. The Morgan fingerprint density at radius 1 is 1.44 bits per heavy atom. The van der Waals surface area contributed by atoms with Gasteiger partial charge < -0.3 is 10.1 Å². The summed E-state index contributed by atoms with van der Waals surface area (Å²) < 4.78 is 31.6. The molecule has 1 aliphatic rings. The highest BCUT2D eigenvalue weighted by atomic mass is 19.3. The highest BCUT2D eigenvalue weighted by Gasteiger charge is 2.14. The molecule has 1 aliphatic carbocycles. The zero-order chi connectivity index (χ0) is 12.8. The van der Waals surface area contributed by atoms with E-state index in [0.29, 0.717) is 31.6 Å². The largest absolute Gasteiger partial charge is 0.377 e. The van der Waals surface area contributed by atoms with E-state index in [4.69, 9.17) is 4.74 Å². The van der Waals surface area contributed by atoms with Crippen molar-refractivity contribution in [2.45, 2.75) is 44.9 Å². The third-order valence-electron chi connectivity index (χ3n) is 3.18. The van der Waals surface area contributed by atoms with Gasteiger partial charge in [-0.25, -0.2) is 4.98 Å². The molecule has 4 nitrogen and oxygen atoms in total. The summed E-state index contributed by atoms with van der Waals surface area (Å²) in [6, 6.07) is 0. The molecule has 18 heavy (non-hydrogen) atoms. The molecule has 0 spiro atoms. The van der Waals surface area contributed by atoms with E-state index in [1.54, 1.807) is 0 Å². The van der Waals surface area contributed by atoms with E-state index >= 15 is 0 Å². The fourth-order valence-electron chi connectivity index (χ4n) is 2.21. The van der Waals surface area contributed by atoms with Crippen molar-refractivity contribution >= 4 is 0 Å². The van der Waals surface area contributed by atoms with Crippen LogP contribution in [0, 0.1) is 0 Å². The molecule has 2 rings (SSSR count). The van der Waals surface area contributed by atoms with Crippen molar-refractivity contribution in [2.75, 3.05) is 13.2 Å². The molecule has 0 atom stereocenters. The first kappa shape index (κ1) is 13.4. The highest BCUT2D eigenvalue weighted by Crippen LogP contribution is 2.20. The summed E-state index contributed by atoms with van der Waals surface area (Å²) in [5.41, 5.74) is 0. The molecule has 0 unspecified atom stereocenters. The smallest absolute Gasteiger partial charge is 0.319 e. The van der Waals surface area contributed by atoms with Crippen molar-refractivity contribution in [3.63, 3.8) is 0 Å². The number of rotatable bonds is 7. The molecular weight excluding hydrogens is 240 g/mol. The van der Waals surface area contributed by atoms with E-state index in [1.165, 1.54) is 25.2 Å². The number of alkyl halides is 2. The first-order chi connectivity index (χ1) is 8.77. The Bertz CT molecular complexity index is 351. The number of imidazole rings is 1. The van der Waals surface area contributed by atoms with Crippen LogP contribution in [0.4, 0.5) is 8.78 Å². The number of nitrogens with zero attached hydrogens (tertiary/aromatic N) is 2. The average Bonchev–Trinajstić information content (AvgIpc) is 2.98. The topological polar surface area (TPSA) is 39.1 Å². The van der Waals surface area contributed by atoms with Crippen molar-refractivity contribution in [1.82, 2.24) is 14.9 Å². The summed E-state index contributed by atoms with van der Waals surface area (Å²) in [5.74, 6) is 0.353. The van der Waals surface area contributed by atoms with Crippen molar-refractivity contribution in [3.05, 3.63) is 18.2 Å². The summed E-state index contributed by atoms with van der Waals surface area (Å²) in [6.45, 7) is -0.906. The number of hydrogen-bond donors (Lipinski definition) is 1. The number of hydrogen-bond acceptors (Lipinski definition) is 3. The predicted octanol–water partition coefficient (Wildman–Crippen LogP) is 2.33. The summed E-state index contributed by atoms with van der Waals surface area (Å²) in [6.07, 6.45) is 7.88. The minimum absolute atomic E-state index is 0.339. The standard InChI is InChI=1S/C12H19F2N3O/c13-12(14)17-7-5-16-11(17)9-15-6-8-18-10-3-1-2-4-10/h5,7,10,12,15H,1-4,6,8-9H2. The third kappa shape index (κ3) is 3.74. The Hall–Kier alpha value is -1.01. The molecule has 0 saturated heterocycles. The summed E-state index contributed by atoms with van der Waals surface area (Å²) >= 11 is 0. The van der Waals surface area contributed by atoms with Crippen LogP contribution >= 0.6 is 0 Å². The molecule has 1 aromatic heterocycles. The maximum atomic E-state index is 12.5. The molecule has 0 bridgehead atoms. The van der Waals surface area contributed by atoms with Crippen molar-refractivity contribution < 1.29 is 13.5 Å². The molecule has 1 heterocycles.